The van der Waals surface area contributed by atoms with E-state index >= 15 is 0 Å². The van der Waals surface area contributed by atoms with Gasteiger partial charge in [0.05, 0.1) is 93.0 Å². The van der Waals surface area contributed by atoms with Crippen LogP contribution in [0.1, 0.15) is 261 Å². The van der Waals surface area contributed by atoms with Crippen LogP contribution in [0, 0.1) is 57.7 Å². The van der Waals surface area contributed by atoms with Crippen LogP contribution in [0.4, 0.5) is 0 Å². The largest absolute Gasteiger partial charge is 0.456 e. The van der Waals surface area contributed by atoms with Gasteiger partial charge in [-0.3, -0.25) is 33.9 Å². The van der Waals surface area contributed by atoms with E-state index in [0.29, 0.717) is 53.6 Å². The molecule has 5 aromatic heterocycles. The number of hydrogen-bond acceptors (Lipinski definition) is 32. The molecule has 0 saturated heterocycles. The van der Waals surface area contributed by atoms with E-state index in [1.165, 1.54) is 19.4 Å². The number of carbonyl (C=O) groups is 6. The summed E-state index contributed by atoms with van der Waals surface area (Å²) in [5, 5.41) is 83.6. The minimum Gasteiger partial charge on any atom is -0.456 e. The van der Waals surface area contributed by atoms with Crippen molar-refractivity contribution in [3.8, 4) is 40.9 Å². The Morgan fingerprint density at radius 3 is 1.16 bits per heavy atom. The van der Waals surface area contributed by atoms with E-state index in [4.69, 9.17) is 81.0 Å². The van der Waals surface area contributed by atoms with Gasteiger partial charge in [-0.25, -0.2) is 31.0 Å². The van der Waals surface area contributed by atoms with Crippen LogP contribution in [0.2, 0.25) is 0 Å². The van der Waals surface area contributed by atoms with Gasteiger partial charge in [0.2, 0.25) is 0 Å². The number of rotatable bonds is 22. The maximum Gasteiger partial charge on any atom is 0.303 e. The van der Waals surface area contributed by atoms with E-state index in [9.17, 15) is 45.6 Å². The molecule has 0 radical (unpaired) electrons. The number of amidine groups is 1. The topological polar surface area (TPSA) is 615 Å². The average molecular weight is 1880 g/mol. The first-order valence-electron chi connectivity index (χ1n) is 41.1. The molecule has 4 unspecified atom stereocenters. The molecule has 2 aromatic carbocycles. The first kappa shape index (κ1) is 106. The van der Waals surface area contributed by atoms with Crippen molar-refractivity contribution >= 4 is 96.2 Å². The number of carbonyl (C=O) groups excluding carboxylic acids is 6. The van der Waals surface area contributed by atoms with E-state index in [1.54, 1.807) is 12.1 Å². The summed E-state index contributed by atoms with van der Waals surface area (Å²) in [5.74, 6) is 3.80. The van der Waals surface area contributed by atoms with Gasteiger partial charge < -0.3 is 63.9 Å². The Hall–Kier alpha value is -10.4. The lowest BCUT2D eigenvalue weighted by atomic mass is 9.79. The van der Waals surface area contributed by atoms with E-state index in [2.05, 4.69) is 94.1 Å². The summed E-state index contributed by atoms with van der Waals surface area (Å²) >= 11 is 4.81. The Labute approximate surface area is 758 Å². The number of aromatic nitrogens is 8. The van der Waals surface area contributed by atoms with Gasteiger partial charge in [0.1, 0.15) is 24.8 Å². The van der Waals surface area contributed by atoms with Crippen LogP contribution >= 0.6 is 11.6 Å². The van der Waals surface area contributed by atoms with E-state index in [-0.39, 0.29) is 164 Å². The van der Waals surface area contributed by atoms with Gasteiger partial charge in [0.15, 0.2) is 53.6 Å². The van der Waals surface area contributed by atoms with Crippen LogP contribution < -0.4 is 35.7 Å². The Bertz CT molecular complexity index is 4830. The molecule has 0 bridgehead atoms. The molecule has 7 saturated carbocycles. The van der Waals surface area contributed by atoms with Crippen LogP contribution in [-0.2, 0) is 92.4 Å². The van der Waals surface area contributed by atoms with E-state index in [0.717, 1.165) is 88.2 Å². The number of amides is 2. The molecule has 7 aromatic rings. The molecule has 128 heavy (non-hydrogen) atoms. The maximum absolute atomic E-state index is 12.3. The first-order chi connectivity index (χ1) is 60.2. The van der Waals surface area contributed by atoms with Crippen LogP contribution in [0.15, 0.2) is 113 Å². The predicted molar refractivity (Wildman–Crippen MR) is 472 cm³/mol. The minimum atomic E-state index is -1.18. The fraction of sp³-hybridized carbons (Fsp3) is 0.571. The first-order valence-corrected chi connectivity index (χ1v) is 46.1. The van der Waals surface area contributed by atoms with E-state index < -0.39 is 55.2 Å². The maximum atomic E-state index is 12.3. The molecule has 698 valence electrons. The zero-order valence-electron chi connectivity index (χ0n) is 74.1. The van der Waals surface area contributed by atoms with Crippen molar-refractivity contribution in [3.63, 3.8) is 0 Å². The van der Waals surface area contributed by atoms with Crippen molar-refractivity contribution in [2.24, 2.45) is 39.7 Å². The molecule has 4 atom stereocenters. The second-order valence-electron chi connectivity index (χ2n) is 34.8. The van der Waals surface area contributed by atoms with Gasteiger partial charge in [-0.15, -0.1) is 0 Å². The fourth-order valence-corrected chi connectivity index (χ4v) is 14.1. The summed E-state index contributed by atoms with van der Waals surface area (Å²) in [6.45, 7) is 28.3. The number of esters is 2. The standard InChI is InChI=1S/2C17H16N4O4.C13H21N3O4S.C9H19N3O2S.C9H16N2OS.C6H7N.C5H5NO.C4H5ClO3.C4H11NOS/c2*22-9-15-19-16(21-25-15)11-6-12(7-11)18-17(23)13-8-14(24-20-13)10-4-2-1-3-5-10;1-8(17)19-7-11-14-12(15-20-11)9-5-10(6-9)16-21(18)13(2,3)4;1-9(2,3)15(14)12-7-4-6(5-7)8(10)11-13;1-9(2,3)13(12)11-8-4-7(5-8)6-10;1-5-2-6(3-5)4-7;6-3-4-1-5(7)2-4;1-3(6)8-2-4(5)7;1-4(2,3)7(5)6/h2*1-5,8,11-12,22H,6-7,9H2,(H,18,23);9-10,16H,5-7H2,1-4H3;6-7,12-13H,4-5H2,1-3H3,(H2,10,11);7-8,11H,4-5H2,1-3H3;6H,1-3H2;4H,1-2H2;2H2,1H3;5H2,1-3H3. The van der Waals surface area contributed by atoms with Crippen LogP contribution in [-0.4, -0.2) is 169 Å². The highest BCUT2D eigenvalue weighted by atomic mass is 35.5. The number of hydrogen-bond donors (Lipinski definition) is 10. The van der Waals surface area contributed by atoms with Crippen molar-refractivity contribution < 1.29 is 93.1 Å². The second kappa shape index (κ2) is 50.6. The van der Waals surface area contributed by atoms with Crippen molar-refractivity contribution in [2.45, 2.75) is 274 Å². The second-order valence-corrected chi connectivity index (χ2v) is 43.1. The molecule has 7 aliphatic carbocycles. The number of nitrogens with one attached hydrogen (secondary N) is 5. The molecular formula is C84H116ClN19O20S4. The Morgan fingerprint density at radius 1 is 0.523 bits per heavy atom. The Balaban J connectivity index is 0.000000232. The van der Waals surface area contributed by atoms with Gasteiger partial charge in [-0.05, 0) is 172 Å². The molecule has 0 spiro atoms. The number of Topliss-reactive ketones (excluding diaryl/α,β-unsaturated/α-hetero) is 1. The molecule has 5 heterocycles. The van der Waals surface area contributed by atoms with Gasteiger partial charge in [0, 0.05) is 110 Å². The molecule has 12 N–H and O–H groups in total. The quantitative estimate of drug-likeness (QED) is 0.00573. The number of allylic oxidation sites excluding steroid dienone is 1. The average Bonchev–Trinajstić information content (AvgIpc) is 1.62. The highest BCUT2D eigenvalue weighted by molar-refractivity contribution is 7.85. The lowest BCUT2D eigenvalue weighted by Crippen LogP contribution is -2.49. The van der Waals surface area contributed by atoms with E-state index in [1.807, 2.05) is 150 Å². The monoisotopic (exact) mass is 1870 g/mol. The van der Waals surface area contributed by atoms with Crippen molar-refractivity contribution in [1.29, 1.82) is 15.8 Å². The number of nitrogens with two attached hydrogens (primary N) is 2. The van der Waals surface area contributed by atoms with Crippen molar-refractivity contribution in [1.82, 2.24) is 65.5 Å². The molecule has 39 nitrogen and oxygen atoms in total. The fourth-order valence-electron chi connectivity index (χ4n) is 11.5. The third kappa shape index (κ3) is 36.3. The predicted octanol–water partition coefficient (Wildman–Crippen LogP) is 9.81. The zero-order chi connectivity index (χ0) is 95.0. The zero-order valence-corrected chi connectivity index (χ0v) is 78.1. The van der Waals surface area contributed by atoms with Gasteiger partial charge in [-0.1, -0.05) is 104 Å². The number of nitriles is 3. The highest BCUT2D eigenvalue weighted by Gasteiger charge is 2.40. The molecule has 2 amide bonds. The molecule has 7 aliphatic rings. The molecule has 14 rings (SSSR count). The number of ketones is 1. The molecule has 0 aliphatic heterocycles. The lowest BCUT2D eigenvalue weighted by Gasteiger charge is -2.36. The summed E-state index contributed by atoms with van der Waals surface area (Å²) in [6.07, 6.45) is 10.7. The third-order valence-electron chi connectivity index (χ3n) is 19.8. The number of benzene rings is 2. The van der Waals surface area contributed by atoms with Crippen LogP contribution in [0.5, 0.6) is 0 Å². The number of aliphatic hydroxyl groups excluding tert-OH is 2. The number of nitrogens with zero attached hydrogens (tertiary/aromatic N) is 12. The summed E-state index contributed by atoms with van der Waals surface area (Å²) < 4.78 is 88.1. The molecular weight excluding hydrogens is 1760 g/mol. The normalized spacial score (nSPS) is 21.7. The molecule has 7 fully saturated rings. The number of oxime groups is 1. The van der Waals surface area contributed by atoms with Gasteiger partial charge in [-0.2, -0.15) is 30.7 Å². The van der Waals surface area contributed by atoms with Gasteiger partial charge in [0.25, 0.3) is 34.7 Å². The summed E-state index contributed by atoms with van der Waals surface area (Å²) in [6, 6.07) is 29.4. The van der Waals surface area contributed by atoms with Crippen LogP contribution in [0.25, 0.3) is 22.6 Å². The van der Waals surface area contributed by atoms with Crippen LogP contribution in [0.3, 0.4) is 0 Å². The summed E-state index contributed by atoms with van der Waals surface area (Å²) in [7, 11) is -4.28. The SMILES string of the molecule is C=C1CC(C#N)C1.CC(=O)OCC(=O)Cl.CC(=O)OCc1nc(C2CC(NS(=O)C(C)(C)C)C2)no1.CC(C)(C)S(=O)NC1CC(/C(N)=N/O)C1.CC(C)(C)S(=O)NC1CC(C#N)C1.CC(C)(C)S(N)=O.N#CC1CC(=O)C1.O=C(NC1CC(c2noc(CO)n2)C1)c1cc(-c2ccccc2)on1.O=C(NC1CC(c2noc(CO)n2)C1)c1cc(-c2ccccc2)on1. The smallest absolute Gasteiger partial charge is 0.303 e. The van der Waals surface area contributed by atoms with Crippen molar-refractivity contribution in [2.75, 3.05) is 6.61 Å². The van der Waals surface area contributed by atoms with Crippen molar-refractivity contribution in [3.05, 3.63) is 131 Å². The lowest BCUT2D eigenvalue weighted by molar-refractivity contribution is -0.144. The summed E-state index contributed by atoms with van der Waals surface area (Å²) in [4.78, 5) is 77.5. The summed E-state index contributed by atoms with van der Waals surface area (Å²) in [5.41, 5.74) is 8.93. The Kier molecular flexibility index (Phi) is 42.0. The number of ether oxygens (including phenoxy) is 2. The Morgan fingerprint density at radius 2 is 0.867 bits per heavy atom. The van der Waals surface area contributed by atoms with Gasteiger partial charge >= 0.3 is 11.9 Å². The number of halogens is 1. The highest BCUT2D eigenvalue weighted by Crippen LogP contribution is 2.39. The number of aliphatic hydroxyl groups is 2. The molecule has 44 heteroatoms. The third-order valence-corrected chi connectivity index (χ3v) is 26.1. The minimum absolute atomic E-state index is 0.00473.